The van der Waals surface area contributed by atoms with Crippen molar-refractivity contribution in [1.29, 1.82) is 0 Å². The van der Waals surface area contributed by atoms with Gasteiger partial charge in [-0.2, -0.15) is 0 Å². The lowest BCUT2D eigenvalue weighted by Crippen LogP contribution is -2.52. The Kier molecular flexibility index (Phi) is 3.57. The van der Waals surface area contributed by atoms with Crippen LogP contribution in [0, 0.1) is 0 Å². The normalized spacial score (nSPS) is 17.8. The van der Waals surface area contributed by atoms with E-state index in [4.69, 9.17) is 0 Å². The number of carboxylic acids is 1. The summed E-state index contributed by atoms with van der Waals surface area (Å²) in [6, 6.07) is 3.86. The molecule has 4 N–H and O–H groups in total. The molecule has 2 heterocycles. The molecule has 0 bridgehead atoms. The number of H-pyrrole nitrogens is 1. The van der Waals surface area contributed by atoms with Crippen molar-refractivity contribution >= 4 is 34.6 Å². The lowest BCUT2D eigenvalue weighted by atomic mass is 10.0. The van der Waals surface area contributed by atoms with Crippen molar-refractivity contribution in [3.63, 3.8) is 0 Å². The predicted octanol–water partition coefficient (Wildman–Crippen LogP) is 0.401. The predicted molar refractivity (Wildman–Crippen MR) is 78.9 cm³/mol. The number of piperidine rings is 1. The summed E-state index contributed by atoms with van der Waals surface area (Å²) >= 11 is 0. The molecule has 0 saturated carbocycles. The van der Waals surface area contributed by atoms with Crippen molar-refractivity contribution < 1.29 is 24.3 Å². The second-order valence-corrected chi connectivity index (χ2v) is 5.21. The molecule has 23 heavy (non-hydrogen) atoms. The van der Waals surface area contributed by atoms with Gasteiger partial charge in [0.05, 0.1) is 16.6 Å². The summed E-state index contributed by atoms with van der Waals surface area (Å²) in [5.41, 5.74) is 0.142. The molecule has 1 fully saturated rings. The molecule has 1 atom stereocenters. The molecule has 1 aliphatic rings. The van der Waals surface area contributed by atoms with Crippen LogP contribution in [0.25, 0.3) is 10.9 Å². The molecule has 8 nitrogen and oxygen atoms in total. The summed E-state index contributed by atoms with van der Waals surface area (Å²) in [7, 11) is 0. The highest BCUT2D eigenvalue weighted by Crippen LogP contribution is 2.22. The van der Waals surface area contributed by atoms with E-state index in [1.807, 2.05) is 0 Å². The molecule has 1 unspecified atom stereocenters. The zero-order valence-electron chi connectivity index (χ0n) is 11.9. The van der Waals surface area contributed by atoms with E-state index in [1.54, 1.807) is 18.3 Å². The number of hydrogen-bond acceptors (Lipinski definition) is 4. The summed E-state index contributed by atoms with van der Waals surface area (Å²) < 4.78 is 0. The van der Waals surface area contributed by atoms with Crippen molar-refractivity contribution in [2.24, 2.45) is 0 Å². The number of fused-ring (bicyclic) bond motifs is 1. The number of carbonyl (C=O) groups is 4. The van der Waals surface area contributed by atoms with E-state index < -0.39 is 23.8 Å². The van der Waals surface area contributed by atoms with Crippen LogP contribution in [0.3, 0.4) is 0 Å². The second kappa shape index (κ2) is 5.56. The molecule has 8 heteroatoms. The van der Waals surface area contributed by atoms with Gasteiger partial charge in [-0.05, 0) is 18.6 Å². The average molecular weight is 315 g/mol. The smallest absolute Gasteiger partial charge is 0.338 e. The third kappa shape index (κ3) is 2.66. The average Bonchev–Trinajstić information content (AvgIpc) is 2.97. The number of hydrogen-bond donors (Lipinski definition) is 4. The summed E-state index contributed by atoms with van der Waals surface area (Å²) in [5, 5.41) is 14.7. The number of nitrogens with one attached hydrogen (secondary N) is 3. The highest BCUT2D eigenvalue weighted by molar-refractivity contribution is 6.13. The number of aromatic nitrogens is 1. The first kappa shape index (κ1) is 14.8. The van der Waals surface area contributed by atoms with Crippen LogP contribution in [0.1, 0.15) is 33.6 Å². The minimum absolute atomic E-state index is 0.0443. The fourth-order valence-electron chi connectivity index (χ4n) is 2.61. The first-order valence-electron chi connectivity index (χ1n) is 6.95. The van der Waals surface area contributed by atoms with Crippen LogP contribution in [0.2, 0.25) is 0 Å². The Morgan fingerprint density at radius 3 is 2.70 bits per heavy atom. The molecule has 1 aliphatic heterocycles. The monoisotopic (exact) mass is 315 g/mol. The summed E-state index contributed by atoms with van der Waals surface area (Å²) in [6.07, 6.45) is 1.89. The van der Waals surface area contributed by atoms with E-state index in [1.165, 1.54) is 6.07 Å². The Labute approximate surface area is 129 Å². The second-order valence-electron chi connectivity index (χ2n) is 5.21. The molecular formula is C15H13N3O5. The fraction of sp³-hybridized carbons (Fsp3) is 0.200. The molecule has 1 aromatic carbocycles. The fourth-order valence-corrected chi connectivity index (χ4v) is 2.61. The molecule has 118 valence electrons. The van der Waals surface area contributed by atoms with Crippen molar-refractivity contribution in [3.05, 3.63) is 35.5 Å². The third-order valence-corrected chi connectivity index (χ3v) is 3.73. The van der Waals surface area contributed by atoms with E-state index in [0.717, 1.165) is 0 Å². The molecular weight excluding hydrogens is 302 g/mol. The highest BCUT2D eigenvalue weighted by Gasteiger charge is 2.29. The van der Waals surface area contributed by atoms with Crippen LogP contribution in [0.15, 0.2) is 24.4 Å². The number of benzene rings is 1. The van der Waals surface area contributed by atoms with Crippen molar-refractivity contribution in [1.82, 2.24) is 15.6 Å². The number of aromatic carboxylic acids is 1. The minimum Gasteiger partial charge on any atom is -0.478 e. The molecule has 1 saturated heterocycles. The zero-order valence-corrected chi connectivity index (χ0v) is 11.9. The number of amides is 3. The lowest BCUT2D eigenvalue weighted by molar-refractivity contribution is -0.134. The Morgan fingerprint density at radius 2 is 2.00 bits per heavy atom. The van der Waals surface area contributed by atoms with Gasteiger partial charge in [-0.1, -0.05) is 6.07 Å². The summed E-state index contributed by atoms with van der Waals surface area (Å²) in [6.45, 7) is 0. The Hall–Kier alpha value is -3.16. The first-order chi connectivity index (χ1) is 11.0. The van der Waals surface area contributed by atoms with Gasteiger partial charge in [0.1, 0.15) is 6.04 Å². The van der Waals surface area contributed by atoms with Crippen LogP contribution in [0.5, 0.6) is 0 Å². The Bertz CT molecular complexity index is 839. The van der Waals surface area contributed by atoms with Gasteiger partial charge in [0.25, 0.3) is 5.91 Å². The van der Waals surface area contributed by atoms with Crippen molar-refractivity contribution in [2.45, 2.75) is 18.9 Å². The van der Waals surface area contributed by atoms with Crippen LogP contribution < -0.4 is 10.6 Å². The largest absolute Gasteiger partial charge is 0.478 e. The molecule has 3 rings (SSSR count). The van der Waals surface area contributed by atoms with Gasteiger partial charge in [0.2, 0.25) is 11.8 Å². The van der Waals surface area contributed by atoms with E-state index in [-0.39, 0.29) is 29.9 Å². The van der Waals surface area contributed by atoms with Gasteiger partial charge >= 0.3 is 5.97 Å². The third-order valence-electron chi connectivity index (χ3n) is 3.73. The maximum absolute atomic E-state index is 12.4. The standard InChI is InChI=1S/C15H13N3O5/c19-10-4-3-9(14(21)18-10)17-13(20)8-2-1-7-5-6-16-12(7)11(8)15(22)23/h1-2,5-6,9,16H,3-4H2,(H,17,20)(H,22,23)(H,18,19,21). The molecule has 0 radical (unpaired) electrons. The number of carboxylic acid groups (broad SMARTS) is 1. The quantitative estimate of drug-likeness (QED) is 0.609. The molecule has 0 aliphatic carbocycles. The minimum atomic E-state index is -1.24. The summed E-state index contributed by atoms with van der Waals surface area (Å²) in [4.78, 5) is 49.5. The first-order valence-corrected chi connectivity index (χ1v) is 6.95. The van der Waals surface area contributed by atoms with Crippen LogP contribution >= 0.6 is 0 Å². The topological polar surface area (TPSA) is 128 Å². The zero-order chi connectivity index (χ0) is 16.6. The van der Waals surface area contributed by atoms with E-state index in [2.05, 4.69) is 15.6 Å². The van der Waals surface area contributed by atoms with Crippen LogP contribution in [0.4, 0.5) is 0 Å². The van der Waals surface area contributed by atoms with Crippen LogP contribution in [-0.2, 0) is 9.59 Å². The SMILES string of the molecule is O=C1CCC(NC(=O)c2ccc3cc[nH]c3c2C(=O)O)C(=O)N1. The van der Waals surface area contributed by atoms with Gasteiger partial charge in [-0.3, -0.25) is 19.7 Å². The molecule has 3 amide bonds. The van der Waals surface area contributed by atoms with Crippen LogP contribution in [-0.4, -0.2) is 39.8 Å². The van der Waals surface area contributed by atoms with Gasteiger partial charge in [0, 0.05) is 18.0 Å². The van der Waals surface area contributed by atoms with Gasteiger partial charge in [0.15, 0.2) is 0 Å². The van der Waals surface area contributed by atoms with E-state index >= 15 is 0 Å². The van der Waals surface area contributed by atoms with Gasteiger partial charge in [-0.15, -0.1) is 0 Å². The number of aromatic amines is 1. The van der Waals surface area contributed by atoms with E-state index in [0.29, 0.717) is 10.9 Å². The number of imide groups is 1. The number of rotatable bonds is 3. The Balaban J connectivity index is 1.92. The van der Waals surface area contributed by atoms with Crippen molar-refractivity contribution in [2.75, 3.05) is 0 Å². The summed E-state index contributed by atoms with van der Waals surface area (Å²) in [5.74, 6) is -2.90. The highest BCUT2D eigenvalue weighted by atomic mass is 16.4. The maximum atomic E-state index is 12.4. The van der Waals surface area contributed by atoms with E-state index in [9.17, 15) is 24.3 Å². The molecule has 0 spiro atoms. The van der Waals surface area contributed by atoms with Gasteiger partial charge in [-0.25, -0.2) is 4.79 Å². The maximum Gasteiger partial charge on any atom is 0.338 e. The number of carbonyl (C=O) groups excluding carboxylic acids is 3. The molecule has 1 aromatic heterocycles. The van der Waals surface area contributed by atoms with Gasteiger partial charge < -0.3 is 15.4 Å². The van der Waals surface area contributed by atoms with Crippen molar-refractivity contribution in [3.8, 4) is 0 Å². The lowest BCUT2D eigenvalue weighted by Gasteiger charge is -2.22. The Morgan fingerprint density at radius 1 is 1.22 bits per heavy atom. The molecule has 2 aromatic rings.